The van der Waals surface area contributed by atoms with Gasteiger partial charge >= 0.3 is 0 Å². The summed E-state index contributed by atoms with van der Waals surface area (Å²) in [6, 6.07) is 10.7. The van der Waals surface area contributed by atoms with Crippen LogP contribution in [-0.4, -0.2) is 23.1 Å². The molecule has 24 heavy (non-hydrogen) atoms. The lowest BCUT2D eigenvalue weighted by Gasteiger charge is -2.07. The molecule has 0 unspecified atom stereocenters. The molecule has 1 saturated heterocycles. The number of nitrogens with zero attached hydrogens (tertiary/aromatic N) is 2. The van der Waals surface area contributed by atoms with E-state index in [9.17, 15) is 0 Å². The molecule has 4 heterocycles. The number of anilines is 2. The van der Waals surface area contributed by atoms with E-state index in [1.54, 1.807) is 11.3 Å². The third-order valence-electron chi connectivity index (χ3n) is 4.53. The van der Waals surface area contributed by atoms with Gasteiger partial charge in [0, 0.05) is 34.6 Å². The molecule has 5 rings (SSSR count). The fourth-order valence-corrected chi connectivity index (χ4v) is 5.08. The van der Waals surface area contributed by atoms with Gasteiger partial charge in [-0.3, -0.25) is 0 Å². The Labute approximate surface area is 147 Å². The van der Waals surface area contributed by atoms with Crippen LogP contribution in [0.5, 0.6) is 0 Å². The summed E-state index contributed by atoms with van der Waals surface area (Å²) < 4.78 is 1.21. The van der Waals surface area contributed by atoms with E-state index in [-0.39, 0.29) is 0 Å². The van der Waals surface area contributed by atoms with Crippen LogP contribution < -0.4 is 10.6 Å². The molecular formula is C18H16N4S2. The first-order chi connectivity index (χ1) is 11.9. The Balaban J connectivity index is 1.53. The van der Waals surface area contributed by atoms with Crippen molar-refractivity contribution in [1.82, 2.24) is 15.3 Å². The summed E-state index contributed by atoms with van der Waals surface area (Å²) in [7, 11) is 0. The minimum absolute atomic E-state index is 0.628. The van der Waals surface area contributed by atoms with Gasteiger partial charge in [-0.05, 0) is 43.3 Å². The molecule has 0 aliphatic carbocycles. The van der Waals surface area contributed by atoms with Crippen LogP contribution in [0.15, 0.2) is 42.0 Å². The van der Waals surface area contributed by atoms with E-state index in [4.69, 9.17) is 0 Å². The van der Waals surface area contributed by atoms with Gasteiger partial charge in [-0.25, -0.2) is 9.97 Å². The van der Waals surface area contributed by atoms with Crippen molar-refractivity contribution in [1.29, 1.82) is 0 Å². The summed E-state index contributed by atoms with van der Waals surface area (Å²) >= 11 is 3.49. The largest absolute Gasteiger partial charge is 0.355 e. The summed E-state index contributed by atoms with van der Waals surface area (Å²) in [4.78, 5) is 11.5. The minimum Gasteiger partial charge on any atom is -0.355 e. The van der Waals surface area contributed by atoms with Crippen LogP contribution in [0.4, 0.5) is 11.4 Å². The molecule has 2 N–H and O–H groups in total. The van der Waals surface area contributed by atoms with Gasteiger partial charge in [-0.2, -0.15) is 0 Å². The fraction of sp³-hybridized carbons (Fsp3) is 0.222. The summed E-state index contributed by atoms with van der Waals surface area (Å²) in [5, 5.41) is 8.21. The number of nitrogens with one attached hydrogen (secondary N) is 2. The van der Waals surface area contributed by atoms with Crippen molar-refractivity contribution in [2.45, 2.75) is 12.3 Å². The second-order valence-electron chi connectivity index (χ2n) is 6.08. The monoisotopic (exact) mass is 352 g/mol. The molecule has 4 aromatic rings. The van der Waals surface area contributed by atoms with E-state index in [0.717, 1.165) is 34.8 Å². The first-order valence-corrected chi connectivity index (χ1v) is 9.76. The maximum Gasteiger partial charge on any atom is 0.125 e. The number of fused-ring (bicyclic) bond motifs is 2. The van der Waals surface area contributed by atoms with Crippen molar-refractivity contribution in [3.8, 4) is 0 Å². The highest BCUT2D eigenvalue weighted by Gasteiger charge is 2.20. The van der Waals surface area contributed by atoms with Crippen molar-refractivity contribution in [3.63, 3.8) is 0 Å². The van der Waals surface area contributed by atoms with Crippen LogP contribution in [0.25, 0.3) is 20.4 Å². The van der Waals surface area contributed by atoms with Crippen molar-refractivity contribution in [3.05, 3.63) is 46.9 Å². The van der Waals surface area contributed by atoms with Gasteiger partial charge in [0.2, 0.25) is 0 Å². The van der Waals surface area contributed by atoms with E-state index in [1.165, 1.54) is 21.4 Å². The van der Waals surface area contributed by atoms with E-state index in [2.05, 4.69) is 50.9 Å². The minimum atomic E-state index is 0.628. The predicted octanol–water partition coefficient (Wildman–Crippen LogP) is 4.73. The van der Waals surface area contributed by atoms with Crippen LogP contribution in [0.2, 0.25) is 0 Å². The molecule has 4 nitrogen and oxygen atoms in total. The lowest BCUT2D eigenvalue weighted by Crippen LogP contribution is -2.07. The Morgan fingerprint density at radius 2 is 2.17 bits per heavy atom. The van der Waals surface area contributed by atoms with Gasteiger partial charge in [0.05, 0.1) is 21.4 Å². The lowest BCUT2D eigenvalue weighted by atomic mass is 10.1. The zero-order valence-electron chi connectivity index (χ0n) is 13.0. The van der Waals surface area contributed by atoms with E-state index in [1.807, 2.05) is 23.0 Å². The molecule has 6 heteroatoms. The van der Waals surface area contributed by atoms with Gasteiger partial charge in [-0.1, -0.05) is 0 Å². The molecule has 0 bridgehead atoms. The Kier molecular flexibility index (Phi) is 3.47. The molecule has 1 fully saturated rings. The van der Waals surface area contributed by atoms with Crippen molar-refractivity contribution in [2.75, 3.05) is 18.4 Å². The zero-order valence-corrected chi connectivity index (χ0v) is 14.6. The van der Waals surface area contributed by atoms with Crippen LogP contribution in [0.3, 0.4) is 0 Å². The summed E-state index contributed by atoms with van der Waals surface area (Å²) in [6.07, 6.45) is 3.11. The number of thiophene rings is 1. The third kappa shape index (κ3) is 2.47. The highest BCUT2D eigenvalue weighted by molar-refractivity contribution is 7.18. The van der Waals surface area contributed by atoms with Gasteiger partial charge in [0.1, 0.15) is 4.83 Å². The van der Waals surface area contributed by atoms with E-state index >= 15 is 0 Å². The van der Waals surface area contributed by atoms with Gasteiger partial charge in [0.25, 0.3) is 0 Å². The first-order valence-electron chi connectivity index (χ1n) is 8.06. The van der Waals surface area contributed by atoms with Gasteiger partial charge in [0.15, 0.2) is 0 Å². The fourth-order valence-electron chi connectivity index (χ4n) is 3.26. The number of aromatic nitrogens is 2. The van der Waals surface area contributed by atoms with Crippen LogP contribution in [0.1, 0.15) is 17.2 Å². The second-order valence-corrected chi connectivity index (χ2v) is 8.02. The van der Waals surface area contributed by atoms with Crippen molar-refractivity contribution >= 4 is 54.5 Å². The Bertz CT molecular complexity index is 1010. The first kappa shape index (κ1) is 14.3. The number of pyridine rings is 1. The summed E-state index contributed by atoms with van der Waals surface area (Å²) in [6.45, 7) is 2.20. The molecule has 0 amide bonds. The number of hydrogen-bond acceptors (Lipinski definition) is 6. The highest BCUT2D eigenvalue weighted by Crippen LogP contribution is 2.37. The second kappa shape index (κ2) is 5.81. The number of rotatable bonds is 3. The highest BCUT2D eigenvalue weighted by atomic mass is 32.1. The van der Waals surface area contributed by atoms with Crippen LogP contribution >= 0.6 is 22.7 Å². The van der Waals surface area contributed by atoms with Crippen molar-refractivity contribution < 1.29 is 0 Å². The molecule has 1 atom stereocenters. The van der Waals surface area contributed by atoms with Crippen LogP contribution in [-0.2, 0) is 0 Å². The lowest BCUT2D eigenvalue weighted by molar-refractivity contribution is 0.779. The summed E-state index contributed by atoms with van der Waals surface area (Å²) in [5.41, 5.74) is 5.11. The smallest absolute Gasteiger partial charge is 0.125 e. The maximum absolute atomic E-state index is 4.56. The van der Waals surface area contributed by atoms with Crippen LogP contribution in [0, 0.1) is 0 Å². The Morgan fingerprint density at radius 1 is 1.17 bits per heavy atom. The Hall–Kier alpha value is -2.02. The predicted molar refractivity (Wildman–Crippen MR) is 103 cm³/mol. The SMILES string of the molecule is c1cc(Nc2ccc3scnc3c2)c2cc([C@H]3CCNC3)sc2n1. The van der Waals surface area contributed by atoms with Crippen molar-refractivity contribution in [2.24, 2.45) is 0 Å². The topological polar surface area (TPSA) is 49.8 Å². The molecule has 0 radical (unpaired) electrons. The summed E-state index contributed by atoms with van der Waals surface area (Å²) in [5.74, 6) is 0.628. The molecule has 1 aliphatic heterocycles. The molecule has 1 aromatic carbocycles. The Morgan fingerprint density at radius 3 is 3.08 bits per heavy atom. The number of hydrogen-bond donors (Lipinski definition) is 2. The molecule has 1 aliphatic rings. The van der Waals surface area contributed by atoms with E-state index < -0.39 is 0 Å². The molecule has 3 aromatic heterocycles. The van der Waals surface area contributed by atoms with Gasteiger partial charge in [-0.15, -0.1) is 22.7 Å². The molecule has 120 valence electrons. The molecule has 0 saturated carbocycles. The van der Waals surface area contributed by atoms with E-state index in [0.29, 0.717) is 5.92 Å². The quantitative estimate of drug-likeness (QED) is 0.560. The number of benzene rings is 1. The third-order valence-corrected chi connectivity index (χ3v) is 6.54. The zero-order chi connectivity index (χ0) is 15.9. The molecular weight excluding hydrogens is 336 g/mol. The normalized spacial score (nSPS) is 17.8. The number of thiazole rings is 1. The van der Waals surface area contributed by atoms with Gasteiger partial charge < -0.3 is 10.6 Å². The average Bonchev–Trinajstić information content (AvgIpc) is 3.34. The maximum atomic E-state index is 4.56. The average molecular weight is 352 g/mol. The standard InChI is InChI=1S/C18H16N4S2/c1-2-16-15(21-10-23-16)7-12(1)22-14-4-6-20-18-13(14)8-17(24-18)11-3-5-19-9-11/h1-2,4,6-8,10-11,19H,3,5,9H2,(H,20,22)/t11-/m0/s1. The molecule has 0 spiro atoms.